The van der Waals surface area contributed by atoms with Gasteiger partial charge >= 0.3 is 0 Å². The van der Waals surface area contributed by atoms with Crippen LogP contribution in [0.3, 0.4) is 0 Å². The minimum Gasteiger partial charge on any atom is -0.316 e. The van der Waals surface area contributed by atoms with E-state index in [9.17, 15) is 8.42 Å². The van der Waals surface area contributed by atoms with Crippen LogP contribution in [0.1, 0.15) is 30.4 Å². The zero-order valence-electron chi connectivity index (χ0n) is 12.5. The average Bonchev–Trinajstić information content (AvgIpc) is 2.36. The van der Waals surface area contributed by atoms with E-state index in [0.717, 1.165) is 24.0 Å². The van der Waals surface area contributed by atoms with Crippen molar-refractivity contribution in [2.75, 3.05) is 20.6 Å². The summed E-state index contributed by atoms with van der Waals surface area (Å²) in [6, 6.07) is 5.39. The Bertz CT molecular complexity index is 565. The summed E-state index contributed by atoms with van der Waals surface area (Å²) in [5.41, 5.74) is 2.14. The number of rotatable bonds is 6. The summed E-state index contributed by atoms with van der Waals surface area (Å²) in [6.45, 7) is 3.32. The molecule has 0 atom stereocenters. The maximum Gasteiger partial charge on any atom is 0.242 e. The first-order valence-corrected chi connectivity index (χ1v) is 8.59. The lowest BCUT2D eigenvalue weighted by molar-refractivity contribution is 0.263. The van der Waals surface area contributed by atoms with Crippen LogP contribution in [0.15, 0.2) is 23.1 Å². The van der Waals surface area contributed by atoms with E-state index >= 15 is 0 Å². The SMILES string of the molecule is CNCc1cc(S(=O)(=O)N(C)CC2CCC2)ccc1C. The third-order valence-corrected chi connectivity index (χ3v) is 5.96. The topological polar surface area (TPSA) is 49.4 Å². The summed E-state index contributed by atoms with van der Waals surface area (Å²) in [5.74, 6) is 0.539. The van der Waals surface area contributed by atoms with Crippen molar-refractivity contribution in [3.05, 3.63) is 29.3 Å². The van der Waals surface area contributed by atoms with Gasteiger partial charge in [-0.05, 0) is 56.0 Å². The fourth-order valence-corrected chi connectivity index (χ4v) is 3.80. The molecule has 0 saturated heterocycles. The molecule has 0 unspecified atom stereocenters. The van der Waals surface area contributed by atoms with Gasteiger partial charge in [0.25, 0.3) is 0 Å². The Labute approximate surface area is 122 Å². The van der Waals surface area contributed by atoms with E-state index < -0.39 is 10.0 Å². The van der Waals surface area contributed by atoms with Crippen molar-refractivity contribution in [1.82, 2.24) is 9.62 Å². The van der Waals surface area contributed by atoms with E-state index in [0.29, 0.717) is 23.9 Å². The lowest BCUT2D eigenvalue weighted by Gasteiger charge is -2.29. The summed E-state index contributed by atoms with van der Waals surface area (Å²) in [4.78, 5) is 0.398. The number of sulfonamides is 1. The molecule has 1 aromatic carbocycles. The standard InChI is InChI=1S/C15H24N2O2S/c1-12-7-8-15(9-14(12)10-16-2)20(18,19)17(3)11-13-5-4-6-13/h7-9,13,16H,4-6,10-11H2,1-3H3. The number of hydrogen-bond donors (Lipinski definition) is 1. The van der Waals surface area contributed by atoms with Gasteiger partial charge in [0.1, 0.15) is 0 Å². The van der Waals surface area contributed by atoms with Gasteiger partial charge in [-0.25, -0.2) is 12.7 Å². The van der Waals surface area contributed by atoms with Crippen molar-refractivity contribution in [2.45, 2.75) is 37.6 Å². The third-order valence-electron chi connectivity index (χ3n) is 4.14. The lowest BCUT2D eigenvalue weighted by Crippen LogP contribution is -2.34. The Kier molecular flexibility index (Phi) is 4.83. The zero-order chi connectivity index (χ0) is 14.8. The minimum atomic E-state index is -3.36. The van der Waals surface area contributed by atoms with E-state index in [1.807, 2.05) is 20.0 Å². The smallest absolute Gasteiger partial charge is 0.242 e. The molecule has 0 aromatic heterocycles. The summed E-state index contributed by atoms with van der Waals surface area (Å²) in [5, 5.41) is 3.07. The van der Waals surface area contributed by atoms with E-state index in [2.05, 4.69) is 5.32 Å². The number of aryl methyl sites for hydroxylation is 1. The van der Waals surface area contributed by atoms with Crippen LogP contribution in [0.5, 0.6) is 0 Å². The second-order valence-corrected chi connectivity index (χ2v) is 7.75. The van der Waals surface area contributed by atoms with Crippen molar-refractivity contribution < 1.29 is 8.42 Å². The average molecular weight is 296 g/mol. The molecule has 1 saturated carbocycles. The Morgan fingerprint density at radius 1 is 1.35 bits per heavy atom. The van der Waals surface area contributed by atoms with E-state index in [-0.39, 0.29) is 0 Å². The fourth-order valence-electron chi connectivity index (χ4n) is 2.51. The highest BCUT2D eigenvalue weighted by atomic mass is 32.2. The fraction of sp³-hybridized carbons (Fsp3) is 0.600. The highest BCUT2D eigenvalue weighted by molar-refractivity contribution is 7.89. The first-order chi connectivity index (χ1) is 9.45. The van der Waals surface area contributed by atoms with Gasteiger partial charge < -0.3 is 5.32 Å². The third kappa shape index (κ3) is 3.22. The van der Waals surface area contributed by atoms with Gasteiger partial charge in [-0.1, -0.05) is 12.5 Å². The second kappa shape index (κ2) is 6.24. The molecule has 20 heavy (non-hydrogen) atoms. The zero-order valence-corrected chi connectivity index (χ0v) is 13.3. The largest absolute Gasteiger partial charge is 0.316 e. The molecule has 1 aliphatic rings. The molecule has 0 radical (unpaired) electrons. The van der Waals surface area contributed by atoms with E-state index in [1.54, 1.807) is 19.2 Å². The number of hydrogen-bond acceptors (Lipinski definition) is 3. The lowest BCUT2D eigenvalue weighted by atomic mass is 9.86. The monoisotopic (exact) mass is 296 g/mol. The van der Waals surface area contributed by atoms with Crippen molar-refractivity contribution in [1.29, 1.82) is 0 Å². The van der Waals surface area contributed by atoms with Crippen molar-refractivity contribution in [2.24, 2.45) is 5.92 Å². The molecule has 2 rings (SSSR count). The highest BCUT2D eigenvalue weighted by Crippen LogP contribution is 2.28. The van der Waals surface area contributed by atoms with Gasteiger partial charge in [0.05, 0.1) is 4.90 Å². The number of nitrogens with one attached hydrogen (secondary N) is 1. The van der Waals surface area contributed by atoms with Crippen molar-refractivity contribution >= 4 is 10.0 Å². The molecule has 0 heterocycles. The Balaban J connectivity index is 2.21. The van der Waals surface area contributed by atoms with Crippen LogP contribution in [0.2, 0.25) is 0 Å². The molecule has 0 amide bonds. The van der Waals surface area contributed by atoms with Gasteiger partial charge in [0.2, 0.25) is 10.0 Å². The second-order valence-electron chi connectivity index (χ2n) is 5.70. The Hall–Kier alpha value is -0.910. The molecule has 1 N–H and O–H groups in total. The summed E-state index contributed by atoms with van der Waals surface area (Å²) < 4.78 is 26.7. The molecule has 4 nitrogen and oxygen atoms in total. The molecule has 1 aromatic rings. The van der Waals surface area contributed by atoms with Crippen molar-refractivity contribution in [3.8, 4) is 0 Å². The Morgan fingerprint density at radius 2 is 2.05 bits per heavy atom. The maximum absolute atomic E-state index is 12.6. The maximum atomic E-state index is 12.6. The summed E-state index contributed by atoms with van der Waals surface area (Å²) in [7, 11) is 0.188. The van der Waals surface area contributed by atoms with Crippen LogP contribution in [0.25, 0.3) is 0 Å². The highest BCUT2D eigenvalue weighted by Gasteiger charge is 2.26. The molecular formula is C15H24N2O2S. The normalized spacial score (nSPS) is 16.4. The molecule has 0 bridgehead atoms. The van der Waals surface area contributed by atoms with Gasteiger partial charge in [-0.15, -0.1) is 0 Å². The molecule has 112 valence electrons. The summed E-state index contributed by atoms with van der Waals surface area (Å²) in [6.07, 6.45) is 3.53. The molecule has 5 heteroatoms. The number of nitrogens with zero attached hydrogens (tertiary/aromatic N) is 1. The molecule has 0 aliphatic heterocycles. The predicted molar refractivity (Wildman–Crippen MR) is 81.1 cm³/mol. The number of benzene rings is 1. The van der Waals surface area contributed by atoms with Gasteiger partial charge in [-0.2, -0.15) is 0 Å². The van der Waals surface area contributed by atoms with Crippen LogP contribution in [-0.2, 0) is 16.6 Å². The molecule has 1 aliphatic carbocycles. The van der Waals surface area contributed by atoms with Crippen LogP contribution in [0.4, 0.5) is 0 Å². The first-order valence-electron chi connectivity index (χ1n) is 7.15. The van der Waals surface area contributed by atoms with Gasteiger partial charge in [-0.3, -0.25) is 0 Å². The van der Waals surface area contributed by atoms with Crippen LogP contribution < -0.4 is 5.32 Å². The minimum absolute atomic E-state index is 0.398. The predicted octanol–water partition coefficient (Wildman–Crippen LogP) is 2.14. The van der Waals surface area contributed by atoms with Crippen LogP contribution >= 0.6 is 0 Å². The quantitative estimate of drug-likeness (QED) is 0.875. The van der Waals surface area contributed by atoms with Crippen LogP contribution in [-0.4, -0.2) is 33.4 Å². The molecule has 1 fully saturated rings. The van der Waals surface area contributed by atoms with E-state index in [1.165, 1.54) is 10.7 Å². The molecule has 0 spiro atoms. The van der Waals surface area contributed by atoms with Gasteiger partial charge in [0, 0.05) is 20.1 Å². The Morgan fingerprint density at radius 3 is 2.60 bits per heavy atom. The van der Waals surface area contributed by atoms with Crippen molar-refractivity contribution in [3.63, 3.8) is 0 Å². The first kappa shape index (κ1) is 15.5. The molecular weight excluding hydrogens is 272 g/mol. The summed E-state index contributed by atoms with van der Waals surface area (Å²) >= 11 is 0. The van der Waals surface area contributed by atoms with Crippen LogP contribution in [0, 0.1) is 12.8 Å². The van der Waals surface area contributed by atoms with E-state index in [4.69, 9.17) is 0 Å². The van der Waals surface area contributed by atoms with Gasteiger partial charge in [0.15, 0.2) is 0 Å².